The maximum Gasteiger partial charge on any atom is 0.331 e. The lowest BCUT2D eigenvalue weighted by molar-refractivity contribution is -0.144. The molecule has 0 bridgehead atoms. The Morgan fingerprint density at radius 1 is 1.06 bits per heavy atom. The van der Waals surface area contributed by atoms with Crippen LogP contribution in [-0.4, -0.2) is 22.2 Å². The van der Waals surface area contributed by atoms with Gasteiger partial charge in [0.1, 0.15) is 0 Å². The highest BCUT2D eigenvalue weighted by Crippen LogP contribution is 2.19. The Morgan fingerprint density at radius 2 is 1.59 bits per heavy atom. The summed E-state index contributed by atoms with van der Waals surface area (Å²) < 4.78 is 0. The van der Waals surface area contributed by atoms with Crippen molar-refractivity contribution in [2.24, 2.45) is 5.92 Å². The molecule has 0 aliphatic rings. The Labute approximate surface area is 102 Å². The molecule has 0 spiro atoms. The monoisotopic (exact) mass is 242 g/mol. The van der Waals surface area contributed by atoms with Crippen molar-refractivity contribution in [2.75, 3.05) is 0 Å². The molecule has 1 atom stereocenters. The summed E-state index contributed by atoms with van der Waals surface area (Å²) in [6.07, 6.45) is 6.68. The number of rotatable bonds is 10. The third-order valence-corrected chi connectivity index (χ3v) is 2.84. The molecule has 0 fully saturated rings. The van der Waals surface area contributed by atoms with Crippen LogP contribution in [0.3, 0.4) is 0 Å². The van der Waals surface area contributed by atoms with Gasteiger partial charge in [-0.25, -0.2) is 4.79 Å². The summed E-state index contributed by atoms with van der Waals surface area (Å²) >= 11 is 0. The van der Waals surface area contributed by atoms with E-state index in [9.17, 15) is 9.59 Å². The lowest BCUT2D eigenvalue weighted by Crippen LogP contribution is -2.20. The van der Waals surface area contributed by atoms with Crippen LogP contribution in [0.15, 0.2) is 12.2 Å². The van der Waals surface area contributed by atoms with Gasteiger partial charge >= 0.3 is 11.9 Å². The quantitative estimate of drug-likeness (QED) is 0.456. The van der Waals surface area contributed by atoms with E-state index in [0.717, 1.165) is 25.7 Å². The standard InChI is InChI=1S/C13H22O4/c1-3-4-5-6-7-8-9-11(13(16)17)10(2)12(14)15/h11H,2-9H2,1H3,(H,14,15)(H,16,17)/t11-/m1/s1. The normalized spacial score (nSPS) is 12.1. The van der Waals surface area contributed by atoms with Gasteiger partial charge in [-0.3, -0.25) is 4.79 Å². The summed E-state index contributed by atoms with van der Waals surface area (Å²) in [5.41, 5.74) is -0.217. The van der Waals surface area contributed by atoms with E-state index in [0.29, 0.717) is 6.42 Å². The minimum Gasteiger partial charge on any atom is -0.481 e. The topological polar surface area (TPSA) is 74.6 Å². The molecule has 2 N–H and O–H groups in total. The number of carboxylic acids is 2. The SMILES string of the molecule is C=C(C(=O)O)[C@@H](CCCCCCCC)C(=O)O. The summed E-state index contributed by atoms with van der Waals surface area (Å²) in [5.74, 6) is -3.26. The van der Waals surface area contributed by atoms with E-state index in [-0.39, 0.29) is 5.57 Å². The minimum atomic E-state index is -1.22. The van der Waals surface area contributed by atoms with Crippen LogP contribution in [0, 0.1) is 5.92 Å². The van der Waals surface area contributed by atoms with Gasteiger partial charge in [0.25, 0.3) is 0 Å². The fourth-order valence-electron chi connectivity index (χ4n) is 1.72. The number of aliphatic carboxylic acids is 2. The number of hydrogen-bond acceptors (Lipinski definition) is 2. The van der Waals surface area contributed by atoms with E-state index in [2.05, 4.69) is 13.5 Å². The molecule has 0 radical (unpaired) electrons. The summed E-state index contributed by atoms with van der Waals surface area (Å²) in [6, 6.07) is 0. The first-order valence-electron chi connectivity index (χ1n) is 6.15. The highest BCUT2D eigenvalue weighted by atomic mass is 16.4. The Morgan fingerprint density at radius 3 is 2.06 bits per heavy atom. The van der Waals surface area contributed by atoms with Crippen LogP contribution < -0.4 is 0 Å². The van der Waals surface area contributed by atoms with Gasteiger partial charge in [0.05, 0.1) is 5.92 Å². The number of carboxylic acid groups (broad SMARTS) is 2. The third kappa shape index (κ3) is 6.76. The molecule has 4 nitrogen and oxygen atoms in total. The fourth-order valence-corrected chi connectivity index (χ4v) is 1.72. The van der Waals surface area contributed by atoms with Gasteiger partial charge in [-0.05, 0) is 6.42 Å². The van der Waals surface area contributed by atoms with Crippen LogP contribution in [0.5, 0.6) is 0 Å². The van der Waals surface area contributed by atoms with Gasteiger partial charge in [0.15, 0.2) is 0 Å². The van der Waals surface area contributed by atoms with Crippen molar-refractivity contribution < 1.29 is 19.8 Å². The van der Waals surface area contributed by atoms with Crippen molar-refractivity contribution in [3.63, 3.8) is 0 Å². The van der Waals surface area contributed by atoms with Gasteiger partial charge in [0, 0.05) is 5.57 Å². The molecule has 0 saturated carbocycles. The lowest BCUT2D eigenvalue weighted by atomic mass is 9.94. The molecule has 0 aromatic carbocycles. The van der Waals surface area contributed by atoms with E-state index < -0.39 is 17.9 Å². The zero-order chi connectivity index (χ0) is 13.3. The smallest absolute Gasteiger partial charge is 0.331 e. The van der Waals surface area contributed by atoms with Crippen LogP contribution in [-0.2, 0) is 9.59 Å². The average molecular weight is 242 g/mol. The summed E-state index contributed by atoms with van der Waals surface area (Å²) in [4.78, 5) is 21.5. The molecule has 0 aliphatic heterocycles. The molecule has 98 valence electrons. The van der Waals surface area contributed by atoms with Crippen LogP contribution >= 0.6 is 0 Å². The molecule has 0 unspecified atom stereocenters. The summed E-state index contributed by atoms with van der Waals surface area (Å²) in [5, 5.41) is 17.6. The van der Waals surface area contributed by atoms with E-state index >= 15 is 0 Å². The first-order chi connectivity index (χ1) is 8.00. The Kier molecular flexibility index (Phi) is 8.11. The molecule has 0 aliphatic carbocycles. The maximum absolute atomic E-state index is 10.9. The van der Waals surface area contributed by atoms with Crippen molar-refractivity contribution in [3.05, 3.63) is 12.2 Å². The van der Waals surface area contributed by atoms with Crippen molar-refractivity contribution in [1.29, 1.82) is 0 Å². The Hall–Kier alpha value is -1.32. The van der Waals surface area contributed by atoms with Gasteiger partial charge in [-0.1, -0.05) is 52.0 Å². The van der Waals surface area contributed by atoms with E-state index in [1.807, 2.05) is 0 Å². The predicted octanol–water partition coefficient (Wildman–Crippen LogP) is 3.08. The molecule has 0 aromatic rings. The van der Waals surface area contributed by atoms with Crippen LogP contribution in [0.2, 0.25) is 0 Å². The first kappa shape index (κ1) is 15.7. The summed E-state index contributed by atoms with van der Waals surface area (Å²) in [6.45, 7) is 5.46. The van der Waals surface area contributed by atoms with Gasteiger partial charge < -0.3 is 10.2 Å². The Bertz CT molecular complexity index is 271. The summed E-state index contributed by atoms with van der Waals surface area (Å²) in [7, 11) is 0. The van der Waals surface area contributed by atoms with Crippen LogP contribution in [0.1, 0.15) is 51.9 Å². The molecule has 0 amide bonds. The van der Waals surface area contributed by atoms with Crippen molar-refractivity contribution in [3.8, 4) is 0 Å². The van der Waals surface area contributed by atoms with Gasteiger partial charge in [0.2, 0.25) is 0 Å². The van der Waals surface area contributed by atoms with Crippen molar-refractivity contribution >= 4 is 11.9 Å². The van der Waals surface area contributed by atoms with E-state index in [4.69, 9.17) is 10.2 Å². The lowest BCUT2D eigenvalue weighted by Gasteiger charge is -2.11. The van der Waals surface area contributed by atoms with Gasteiger partial charge in [-0.2, -0.15) is 0 Å². The van der Waals surface area contributed by atoms with Crippen LogP contribution in [0.4, 0.5) is 0 Å². The van der Waals surface area contributed by atoms with E-state index in [1.165, 1.54) is 12.8 Å². The predicted molar refractivity (Wildman–Crippen MR) is 65.9 cm³/mol. The average Bonchev–Trinajstić information content (AvgIpc) is 2.26. The first-order valence-corrected chi connectivity index (χ1v) is 6.15. The van der Waals surface area contributed by atoms with Crippen molar-refractivity contribution in [1.82, 2.24) is 0 Å². The second-order valence-corrected chi connectivity index (χ2v) is 4.28. The molecular formula is C13H22O4. The third-order valence-electron chi connectivity index (χ3n) is 2.84. The highest BCUT2D eigenvalue weighted by Gasteiger charge is 2.24. The fraction of sp³-hybridized carbons (Fsp3) is 0.692. The number of unbranched alkanes of at least 4 members (excludes halogenated alkanes) is 5. The Balaban J connectivity index is 3.91. The maximum atomic E-state index is 10.9. The molecule has 4 heteroatoms. The second kappa shape index (κ2) is 8.79. The van der Waals surface area contributed by atoms with E-state index in [1.54, 1.807) is 0 Å². The zero-order valence-corrected chi connectivity index (χ0v) is 10.4. The largest absolute Gasteiger partial charge is 0.481 e. The highest BCUT2D eigenvalue weighted by molar-refractivity contribution is 5.93. The minimum absolute atomic E-state index is 0.217. The molecule has 0 saturated heterocycles. The zero-order valence-electron chi connectivity index (χ0n) is 10.4. The number of carbonyl (C=O) groups is 2. The molecular weight excluding hydrogens is 220 g/mol. The second-order valence-electron chi connectivity index (χ2n) is 4.28. The molecule has 17 heavy (non-hydrogen) atoms. The number of hydrogen-bond donors (Lipinski definition) is 2. The van der Waals surface area contributed by atoms with Crippen LogP contribution in [0.25, 0.3) is 0 Å². The van der Waals surface area contributed by atoms with Gasteiger partial charge in [-0.15, -0.1) is 0 Å². The molecule has 0 heterocycles. The molecule has 0 rings (SSSR count). The van der Waals surface area contributed by atoms with Crippen molar-refractivity contribution in [2.45, 2.75) is 51.9 Å². The molecule has 0 aromatic heterocycles.